The second-order valence-electron chi connectivity index (χ2n) is 8.44. The minimum Gasteiger partial charge on any atom is -0.480 e. The number of benzene rings is 1. The van der Waals surface area contributed by atoms with Gasteiger partial charge in [0.25, 0.3) is 11.8 Å². The molecule has 1 heterocycles. The van der Waals surface area contributed by atoms with E-state index in [1.165, 1.54) is 0 Å². The summed E-state index contributed by atoms with van der Waals surface area (Å²) in [5.41, 5.74) is 6.05. The van der Waals surface area contributed by atoms with E-state index in [0.29, 0.717) is 5.56 Å². The first kappa shape index (κ1) is 30.9. The van der Waals surface area contributed by atoms with Crippen molar-refractivity contribution < 1.29 is 44.1 Å². The number of nitrogens with two attached hydrogens (primary N) is 1. The van der Waals surface area contributed by atoms with Gasteiger partial charge < -0.3 is 42.3 Å². The van der Waals surface area contributed by atoms with E-state index in [-0.39, 0.29) is 25.0 Å². The Hall–Kier alpha value is -3.34. The number of carbonyl (C=O) groups is 6. The third-order valence-corrected chi connectivity index (χ3v) is 7.35. The molecule has 38 heavy (non-hydrogen) atoms. The summed E-state index contributed by atoms with van der Waals surface area (Å²) in [5.74, 6) is -6.09. The average molecular weight is 572 g/mol. The van der Waals surface area contributed by atoms with Crippen LogP contribution in [0.25, 0.3) is 0 Å². The van der Waals surface area contributed by atoms with Crippen molar-refractivity contribution in [3.05, 3.63) is 35.9 Å². The van der Waals surface area contributed by atoms with Gasteiger partial charge in [0.05, 0.1) is 6.61 Å². The highest BCUT2D eigenvalue weighted by Gasteiger charge is 2.53. The second-order valence-corrected chi connectivity index (χ2v) is 10.5. The first-order valence-electron chi connectivity index (χ1n) is 11.3. The number of rotatable bonds is 14. The van der Waals surface area contributed by atoms with Crippen LogP contribution in [0.3, 0.4) is 0 Å². The number of hydrogen-bond acceptors (Lipinski definition) is 10. The summed E-state index contributed by atoms with van der Waals surface area (Å²) >= 11 is 4.87. The Morgan fingerprint density at radius 3 is 2.32 bits per heavy atom. The number of carboxylic acid groups (broad SMARTS) is 2. The number of amides is 4. The van der Waals surface area contributed by atoms with Crippen molar-refractivity contribution >= 4 is 60.0 Å². The van der Waals surface area contributed by atoms with Crippen LogP contribution >= 0.6 is 24.4 Å². The van der Waals surface area contributed by atoms with Crippen LogP contribution in [0.5, 0.6) is 0 Å². The Kier molecular flexibility index (Phi) is 10.9. The van der Waals surface area contributed by atoms with E-state index in [4.69, 9.17) is 15.9 Å². The summed E-state index contributed by atoms with van der Waals surface area (Å²) in [7, 11) is 0. The van der Waals surface area contributed by atoms with Gasteiger partial charge in [-0.15, -0.1) is 24.4 Å². The van der Waals surface area contributed by atoms with Gasteiger partial charge in [0.15, 0.2) is 9.74 Å². The quantitative estimate of drug-likeness (QED) is 0.105. The van der Waals surface area contributed by atoms with Crippen molar-refractivity contribution in [3.63, 3.8) is 0 Å². The van der Waals surface area contributed by atoms with Gasteiger partial charge in [-0.05, 0) is 12.0 Å². The van der Waals surface area contributed by atoms with Crippen LogP contribution in [0, 0.1) is 0 Å². The number of nitrogens with one attached hydrogen (secondary N) is 4. The highest BCUT2D eigenvalue weighted by Crippen LogP contribution is 2.33. The minimum atomic E-state index is -1.88. The van der Waals surface area contributed by atoms with Crippen molar-refractivity contribution in [2.24, 2.45) is 5.73 Å². The van der Waals surface area contributed by atoms with Crippen molar-refractivity contribution in [1.82, 2.24) is 21.3 Å². The van der Waals surface area contributed by atoms with E-state index in [1.807, 2.05) is 0 Å². The Labute approximate surface area is 226 Å². The van der Waals surface area contributed by atoms with Crippen LogP contribution in [-0.2, 0) is 35.2 Å². The molecule has 4 atom stereocenters. The standard InChI is InChI=1S/C22H29N5O9S2/c23-13(18(33)34)6-7-15(29)25-14(17(32)24-9-16(30)31)10-38-22(8-12-4-2-1-3-5-12)20(36)26-21(37,11-28)19(35)27-22/h1-5,13-14,28,37H,6-11,23H2,(H,24,32)(H,25,29)(H,26,36)(H,27,35)(H,30,31)(H,33,34)/t13-,14-,21+,22+/m0/s1. The normalized spacial score (nSPS) is 22.4. The number of piperazine rings is 1. The molecule has 9 N–H and O–H groups in total. The topological polar surface area (TPSA) is 237 Å². The third kappa shape index (κ3) is 8.34. The largest absolute Gasteiger partial charge is 0.480 e. The molecule has 2 rings (SSSR count). The van der Waals surface area contributed by atoms with Crippen LogP contribution in [0.15, 0.2) is 30.3 Å². The number of aliphatic hydroxyl groups is 1. The Bertz CT molecular complexity index is 1080. The molecule has 0 radical (unpaired) electrons. The third-order valence-electron chi connectivity index (χ3n) is 5.46. The van der Waals surface area contributed by atoms with Crippen LogP contribution in [0.2, 0.25) is 0 Å². The van der Waals surface area contributed by atoms with Crippen molar-refractivity contribution in [1.29, 1.82) is 0 Å². The van der Waals surface area contributed by atoms with Crippen molar-refractivity contribution in [2.75, 3.05) is 18.9 Å². The molecule has 1 fully saturated rings. The van der Waals surface area contributed by atoms with Gasteiger partial charge in [0, 0.05) is 18.6 Å². The van der Waals surface area contributed by atoms with Gasteiger partial charge in [-0.1, -0.05) is 30.3 Å². The van der Waals surface area contributed by atoms with E-state index in [2.05, 4.69) is 33.9 Å². The van der Waals surface area contributed by atoms with Gasteiger partial charge in [-0.25, -0.2) is 0 Å². The molecule has 4 amide bonds. The fourth-order valence-corrected chi connectivity index (χ4v) is 4.79. The predicted molar refractivity (Wildman–Crippen MR) is 138 cm³/mol. The summed E-state index contributed by atoms with van der Waals surface area (Å²) in [6.45, 7) is -1.54. The first-order chi connectivity index (χ1) is 17.8. The Morgan fingerprint density at radius 2 is 1.74 bits per heavy atom. The van der Waals surface area contributed by atoms with E-state index in [9.17, 15) is 33.9 Å². The SMILES string of the molecule is N[C@@H](CCC(=O)N[C@@H](CS[C@@]1(Cc2ccccc2)NC(=O)[C@](S)(CO)NC1=O)C(=O)NCC(=O)O)C(=O)O. The first-order valence-corrected chi connectivity index (χ1v) is 12.7. The summed E-state index contributed by atoms with van der Waals surface area (Å²) in [6, 6.07) is 5.93. The second kappa shape index (κ2) is 13.5. The molecule has 0 aliphatic carbocycles. The molecule has 1 saturated heterocycles. The molecule has 1 aliphatic heterocycles. The lowest BCUT2D eigenvalue weighted by atomic mass is 10.0. The number of hydrogen-bond donors (Lipinski definition) is 9. The van der Waals surface area contributed by atoms with Gasteiger partial charge in [-0.3, -0.25) is 28.8 Å². The van der Waals surface area contributed by atoms with Crippen LogP contribution in [0.4, 0.5) is 0 Å². The molecule has 16 heteroatoms. The average Bonchev–Trinajstić information content (AvgIpc) is 2.87. The van der Waals surface area contributed by atoms with Crippen LogP contribution in [0.1, 0.15) is 18.4 Å². The molecular weight excluding hydrogens is 542 g/mol. The maximum atomic E-state index is 13.3. The summed E-state index contributed by atoms with van der Waals surface area (Å²) in [6.07, 6.45) is -0.610. The molecule has 14 nitrogen and oxygen atoms in total. The fourth-order valence-electron chi connectivity index (χ4n) is 3.33. The summed E-state index contributed by atoms with van der Waals surface area (Å²) in [5, 5.41) is 36.9. The molecule has 1 aliphatic rings. The smallest absolute Gasteiger partial charge is 0.322 e. The highest BCUT2D eigenvalue weighted by molar-refractivity contribution is 8.01. The van der Waals surface area contributed by atoms with Crippen molar-refractivity contribution in [2.45, 2.75) is 41.1 Å². The lowest BCUT2D eigenvalue weighted by Crippen LogP contribution is -2.74. The van der Waals surface area contributed by atoms with E-state index in [0.717, 1.165) is 11.8 Å². The number of thioether (sulfide) groups is 1. The molecule has 0 unspecified atom stereocenters. The van der Waals surface area contributed by atoms with Gasteiger partial charge in [-0.2, -0.15) is 0 Å². The van der Waals surface area contributed by atoms with Crippen LogP contribution < -0.4 is 27.0 Å². The zero-order valence-electron chi connectivity index (χ0n) is 20.0. The lowest BCUT2D eigenvalue weighted by molar-refractivity contribution is -0.140. The van der Waals surface area contributed by atoms with Gasteiger partial charge >= 0.3 is 11.9 Å². The summed E-state index contributed by atoms with van der Waals surface area (Å²) in [4.78, 5) is 69.4. The summed E-state index contributed by atoms with van der Waals surface area (Å²) < 4.78 is 0. The van der Waals surface area contributed by atoms with E-state index >= 15 is 0 Å². The molecule has 0 saturated carbocycles. The maximum Gasteiger partial charge on any atom is 0.322 e. The molecule has 1 aromatic rings. The highest BCUT2D eigenvalue weighted by atomic mass is 32.2. The molecule has 0 aromatic heterocycles. The maximum absolute atomic E-state index is 13.3. The molecular formula is C22H29N5O9S2. The number of thiol groups is 1. The Balaban J connectivity index is 2.28. The minimum absolute atomic E-state index is 0.0454. The molecule has 0 spiro atoms. The number of aliphatic hydroxyl groups excluding tert-OH is 1. The number of carbonyl (C=O) groups excluding carboxylic acids is 4. The van der Waals surface area contributed by atoms with E-state index < -0.39 is 70.5 Å². The van der Waals surface area contributed by atoms with Gasteiger partial charge in [0.1, 0.15) is 18.6 Å². The van der Waals surface area contributed by atoms with Gasteiger partial charge in [0.2, 0.25) is 11.8 Å². The van der Waals surface area contributed by atoms with Crippen LogP contribution in [-0.4, -0.2) is 91.6 Å². The molecule has 1 aromatic carbocycles. The molecule has 208 valence electrons. The number of carboxylic acids is 2. The fraction of sp³-hybridized carbons (Fsp3) is 0.455. The Morgan fingerprint density at radius 1 is 1.08 bits per heavy atom. The molecule has 0 bridgehead atoms. The van der Waals surface area contributed by atoms with Crippen molar-refractivity contribution in [3.8, 4) is 0 Å². The predicted octanol–water partition coefficient (Wildman–Crippen LogP) is -2.60. The zero-order chi connectivity index (χ0) is 28.5. The zero-order valence-corrected chi connectivity index (χ0v) is 21.7. The number of aliphatic carboxylic acids is 2. The van der Waals surface area contributed by atoms with E-state index in [1.54, 1.807) is 30.3 Å². The monoisotopic (exact) mass is 571 g/mol. The lowest BCUT2D eigenvalue weighted by Gasteiger charge is -2.43.